The van der Waals surface area contributed by atoms with Gasteiger partial charge < -0.3 is 9.32 Å². The number of carbonyl (C=O) groups excluding carboxylic acids is 1. The molecule has 0 unspecified atom stereocenters. The normalized spacial score (nSPS) is 17.1. The fourth-order valence-electron chi connectivity index (χ4n) is 2.23. The molecular weight excluding hydrogens is 284 g/mol. The van der Waals surface area contributed by atoms with Crippen LogP contribution in [0.3, 0.4) is 0 Å². The van der Waals surface area contributed by atoms with E-state index in [4.69, 9.17) is 16.6 Å². The van der Waals surface area contributed by atoms with Crippen LogP contribution in [-0.2, 0) is 4.79 Å². The number of furan rings is 1. The number of rotatable bonds is 2. The minimum atomic E-state index is -0.150. The van der Waals surface area contributed by atoms with Gasteiger partial charge in [0.15, 0.2) is 5.11 Å². The highest BCUT2D eigenvalue weighted by molar-refractivity contribution is 7.80. The molecule has 2 aromatic rings. The quantitative estimate of drug-likeness (QED) is 0.630. The lowest BCUT2D eigenvalue weighted by Crippen LogP contribution is -2.30. The Morgan fingerprint density at radius 3 is 2.48 bits per heavy atom. The minimum Gasteiger partial charge on any atom is -0.462 e. The van der Waals surface area contributed by atoms with Crippen molar-refractivity contribution in [3.63, 3.8) is 0 Å². The number of anilines is 1. The van der Waals surface area contributed by atoms with Crippen LogP contribution < -0.4 is 4.90 Å². The van der Waals surface area contributed by atoms with Gasteiger partial charge >= 0.3 is 0 Å². The Hall–Kier alpha value is -2.40. The molecule has 106 valence electrons. The second-order valence-electron chi connectivity index (χ2n) is 4.80. The Bertz CT molecular complexity index is 734. The molecule has 1 amide bonds. The van der Waals surface area contributed by atoms with Crippen molar-refractivity contribution in [2.24, 2.45) is 0 Å². The van der Waals surface area contributed by atoms with E-state index >= 15 is 0 Å². The first kappa shape index (κ1) is 13.6. The largest absolute Gasteiger partial charge is 0.462 e. The minimum absolute atomic E-state index is 0.150. The maximum absolute atomic E-state index is 12.6. The van der Waals surface area contributed by atoms with Crippen LogP contribution in [-0.4, -0.2) is 23.0 Å². The van der Waals surface area contributed by atoms with Crippen LogP contribution in [0.1, 0.15) is 11.5 Å². The van der Waals surface area contributed by atoms with Crippen molar-refractivity contribution in [1.82, 2.24) is 4.90 Å². The first-order valence-corrected chi connectivity index (χ1v) is 6.94. The Kier molecular flexibility index (Phi) is 3.35. The van der Waals surface area contributed by atoms with Crippen molar-refractivity contribution in [3.05, 3.63) is 59.7 Å². The summed E-state index contributed by atoms with van der Waals surface area (Å²) in [4.78, 5) is 15.8. The van der Waals surface area contributed by atoms with Crippen molar-refractivity contribution in [1.29, 1.82) is 0 Å². The number of thiocarbonyl (C=S) groups is 1. The maximum atomic E-state index is 12.6. The number of para-hydroxylation sites is 1. The van der Waals surface area contributed by atoms with Crippen molar-refractivity contribution in [3.8, 4) is 0 Å². The molecule has 0 aliphatic carbocycles. The van der Waals surface area contributed by atoms with Gasteiger partial charge in [0.1, 0.15) is 17.2 Å². The van der Waals surface area contributed by atoms with E-state index in [9.17, 15) is 4.79 Å². The molecular formula is C16H14N2O2S. The Labute approximate surface area is 128 Å². The SMILES string of the molecule is Cc1ccc(C=C2C(=O)N(c3ccccc3)C(=S)N2C)o1. The molecule has 0 radical (unpaired) electrons. The zero-order valence-corrected chi connectivity index (χ0v) is 12.6. The van der Waals surface area contributed by atoms with Gasteiger partial charge in [-0.1, -0.05) is 18.2 Å². The molecule has 0 atom stereocenters. The van der Waals surface area contributed by atoms with Crippen LogP contribution in [0.2, 0.25) is 0 Å². The Morgan fingerprint density at radius 1 is 1.14 bits per heavy atom. The number of nitrogens with zero attached hydrogens (tertiary/aromatic N) is 2. The summed E-state index contributed by atoms with van der Waals surface area (Å²) in [5, 5.41) is 0.459. The zero-order valence-electron chi connectivity index (χ0n) is 11.7. The summed E-state index contributed by atoms with van der Waals surface area (Å²) in [7, 11) is 1.78. The van der Waals surface area contributed by atoms with E-state index in [0.29, 0.717) is 16.6 Å². The van der Waals surface area contributed by atoms with Crippen molar-refractivity contribution in [2.45, 2.75) is 6.92 Å². The highest BCUT2D eigenvalue weighted by Gasteiger charge is 2.36. The van der Waals surface area contributed by atoms with Gasteiger partial charge in [0.25, 0.3) is 5.91 Å². The lowest BCUT2D eigenvalue weighted by molar-refractivity contribution is -0.114. The van der Waals surface area contributed by atoms with Crippen LogP contribution >= 0.6 is 12.2 Å². The van der Waals surface area contributed by atoms with E-state index in [1.54, 1.807) is 18.0 Å². The third-order valence-corrected chi connectivity index (χ3v) is 3.77. The van der Waals surface area contributed by atoms with Crippen LogP contribution in [0.15, 0.2) is 52.6 Å². The molecule has 4 nitrogen and oxygen atoms in total. The lowest BCUT2D eigenvalue weighted by atomic mass is 10.2. The summed E-state index contributed by atoms with van der Waals surface area (Å²) in [6.45, 7) is 1.86. The van der Waals surface area contributed by atoms with Gasteiger partial charge in [-0.25, -0.2) is 0 Å². The number of carbonyl (C=O) groups is 1. The first-order valence-electron chi connectivity index (χ1n) is 6.53. The van der Waals surface area contributed by atoms with Crippen LogP contribution in [0.25, 0.3) is 6.08 Å². The number of hydrogen-bond donors (Lipinski definition) is 0. The average molecular weight is 298 g/mol. The molecule has 2 heterocycles. The molecule has 1 aromatic heterocycles. The standard InChI is InChI=1S/C16H14N2O2S/c1-11-8-9-13(20-11)10-14-15(19)18(16(21)17(14)2)12-6-4-3-5-7-12/h3-10H,1-2H3. The maximum Gasteiger partial charge on any atom is 0.281 e. The lowest BCUT2D eigenvalue weighted by Gasteiger charge is -2.16. The molecule has 0 spiro atoms. The van der Waals surface area contributed by atoms with Crippen molar-refractivity contribution in [2.75, 3.05) is 11.9 Å². The number of hydrogen-bond acceptors (Lipinski definition) is 3. The van der Waals surface area contributed by atoms with Gasteiger partial charge in [-0.3, -0.25) is 9.69 Å². The molecule has 0 bridgehead atoms. The molecule has 1 saturated heterocycles. The third kappa shape index (κ3) is 2.36. The molecule has 3 rings (SSSR count). The van der Waals surface area contributed by atoms with E-state index < -0.39 is 0 Å². The predicted molar refractivity (Wildman–Crippen MR) is 85.7 cm³/mol. The van der Waals surface area contributed by atoms with E-state index in [-0.39, 0.29) is 5.91 Å². The molecule has 1 aliphatic heterocycles. The monoisotopic (exact) mass is 298 g/mol. The topological polar surface area (TPSA) is 36.7 Å². The van der Waals surface area contributed by atoms with Gasteiger partial charge in [0.2, 0.25) is 0 Å². The summed E-state index contributed by atoms with van der Waals surface area (Å²) in [5.41, 5.74) is 1.26. The molecule has 1 aliphatic rings. The van der Waals surface area contributed by atoms with Gasteiger partial charge in [-0.2, -0.15) is 0 Å². The summed E-state index contributed by atoms with van der Waals surface area (Å²) in [5.74, 6) is 1.29. The molecule has 21 heavy (non-hydrogen) atoms. The van der Waals surface area contributed by atoms with Gasteiger partial charge in [0, 0.05) is 13.1 Å². The molecule has 0 saturated carbocycles. The van der Waals surface area contributed by atoms with Gasteiger partial charge in [-0.15, -0.1) is 0 Å². The van der Waals surface area contributed by atoms with Crippen LogP contribution in [0.4, 0.5) is 5.69 Å². The summed E-state index contributed by atoms with van der Waals surface area (Å²) < 4.78 is 5.50. The van der Waals surface area contributed by atoms with E-state index in [1.165, 1.54) is 4.90 Å². The fraction of sp³-hybridized carbons (Fsp3) is 0.125. The zero-order chi connectivity index (χ0) is 15.0. The molecule has 1 aromatic carbocycles. The summed E-state index contributed by atoms with van der Waals surface area (Å²) in [6.07, 6.45) is 1.71. The summed E-state index contributed by atoms with van der Waals surface area (Å²) >= 11 is 5.38. The Balaban J connectivity index is 2.00. The smallest absolute Gasteiger partial charge is 0.281 e. The highest BCUT2D eigenvalue weighted by atomic mass is 32.1. The van der Waals surface area contributed by atoms with Crippen LogP contribution in [0, 0.1) is 6.92 Å². The van der Waals surface area contributed by atoms with Gasteiger partial charge in [0.05, 0.1) is 5.69 Å². The van der Waals surface area contributed by atoms with E-state index in [2.05, 4.69) is 0 Å². The number of likely N-dealkylation sites (N-methyl/N-ethyl adjacent to an activating group) is 1. The Morgan fingerprint density at radius 2 is 1.86 bits per heavy atom. The molecule has 0 N–H and O–H groups in total. The van der Waals surface area contributed by atoms with Crippen molar-refractivity contribution < 1.29 is 9.21 Å². The fourth-order valence-corrected chi connectivity index (χ4v) is 2.51. The average Bonchev–Trinajstić information content (AvgIpc) is 2.98. The van der Waals surface area contributed by atoms with Gasteiger partial charge in [-0.05, 0) is 43.4 Å². The predicted octanol–water partition coefficient (Wildman–Crippen LogP) is 3.19. The number of benzene rings is 1. The van der Waals surface area contributed by atoms with Crippen molar-refractivity contribution >= 4 is 35.0 Å². The summed E-state index contributed by atoms with van der Waals surface area (Å²) in [6, 6.07) is 13.1. The molecule has 5 heteroatoms. The first-order chi connectivity index (χ1) is 10.1. The number of aryl methyl sites for hydroxylation is 1. The second-order valence-corrected chi connectivity index (χ2v) is 5.16. The van der Waals surface area contributed by atoms with Crippen LogP contribution in [0.5, 0.6) is 0 Å². The number of amides is 1. The highest BCUT2D eigenvalue weighted by Crippen LogP contribution is 2.27. The van der Waals surface area contributed by atoms with E-state index in [1.807, 2.05) is 49.4 Å². The molecule has 1 fully saturated rings. The third-order valence-electron chi connectivity index (χ3n) is 3.32. The van der Waals surface area contributed by atoms with E-state index in [0.717, 1.165) is 11.4 Å². The second kappa shape index (κ2) is 5.18.